The van der Waals surface area contributed by atoms with E-state index in [2.05, 4.69) is 39.4 Å². The highest BCUT2D eigenvalue weighted by Gasteiger charge is 2.19. The Kier molecular flexibility index (Phi) is 8.28. The van der Waals surface area contributed by atoms with Crippen LogP contribution in [-0.2, 0) is 11.8 Å². The predicted octanol–water partition coefficient (Wildman–Crippen LogP) is 3.66. The van der Waals surface area contributed by atoms with Crippen LogP contribution in [0.15, 0.2) is 48.8 Å². The second-order valence-electron chi connectivity index (χ2n) is 9.48. The van der Waals surface area contributed by atoms with Crippen LogP contribution in [0, 0.1) is 6.92 Å². The number of rotatable bonds is 9. The summed E-state index contributed by atoms with van der Waals surface area (Å²) >= 11 is 0. The van der Waals surface area contributed by atoms with Crippen LogP contribution < -0.4 is 15.0 Å². The molecular weight excluding hydrogens is 454 g/mol. The van der Waals surface area contributed by atoms with Crippen LogP contribution in [0.4, 0.5) is 5.69 Å². The lowest BCUT2D eigenvalue weighted by molar-refractivity contribution is 0.0939. The predicted molar refractivity (Wildman–Crippen MR) is 143 cm³/mol. The van der Waals surface area contributed by atoms with Gasteiger partial charge in [0.05, 0.1) is 18.8 Å². The van der Waals surface area contributed by atoms with Gasteiger partial charge in [-0.25, -0.2) is 0 Å². The zero-order valence-corrected chi connectivity index (χ0v) is 22.0. The van der Waals surface area contributed by atoms with E-state index < -0.39 is 0 Å². The molecule has 36 heavy (non-hydrogen) atoms. The van der Waals surface area contributed by atoms with E-state index in [0.29, 0.717) is 18.8 Å². The van der Waals surface area contributed by atoms with Crippen molar-refractivity contribution in [2.45, 2.75) is 19.9 Å². The Labute approximate surface area is 213 Å². The molecule has 3 aromatic rings. The summed E-state index contributed by atoms with van der Waals surface area (Å²) in [5.74, 6) is 0.692. The van der Waals surface area contributed by atoms with Gasteiger partial charge in [0.1, 0.15) is 12.4 Å². The van der Waals surface area contributed by atoms with Crippen molar-refractivity contribution >= 4 is 11.6 Å². The molecule has 8 heteroatoms. The molecule has 2 heterocycles. The van der Waals surface area contributed by atoms with Crippen molar-refractivity contribution in [2.75, 3.05) is 58.5 Å². The number of anilines is 1. The van der Waals surface area contributed by atoms with Gasteiger partial charge in [0, 0.05) is 68.9 Å². The fraction of sp³-hybridized carbons (Fsp3) is 0.429. The quantitative estimate of drug-likeness (QED) is 0.461. The maximum absolute atomic E-state index is 13.3. The molecule has 1 saturated heterocycles. The molecule has 1 aliphatic heterocycles. The molecule has 0 spiro atoms. The smallest absolute Gasteiger partial charge is 0.252 e. The van der Waals surface area contributed by atoms with Gasteiger partial charge in [0.15, 0.2) is 0 Å². The number of ether oxygens (including phenoxy) is 2. The van der Waals surface area contributed by atoms with Crippen molar-refractivity contribution in [2.24, 2.45) is 7.05 Å². The average molecular weight is 492 g/mol. The normalized spacial score (nSPS) is 15.1. The number of aryl methyl sites for hydroxylation is 2. The van der Waals surface area contributed by atoms with Crippen molar-refractivity contribution in [1.29, 1.82) is 0 Å². The minimum atomic E-state index is -0.187. The Morgan fingerprint density at radius 2 is 1.86 bits per heavy atom. The summed E-state index contributed by atoms with van der Waals surface area (Å²) < 4.78 is 12.9. The van der Waals surface area contributed by atoms with E-state index in [1.54, 1.807) is 11.8 Å². The first-order chi connectivity index (χ1) is 17.4. The first kappa shape index (κ1) is 25.7. The molecule has 8 nitrogen and oxygen atoms in total. The Morgan fingerprint density at radius 1 is 1.08 bits per heavy atom. The highest BCUT2D eigenvalue weighted by molar-refractivity contribution is 5.97. The molecule has 0 aliphatic carbocycles. The van der Waals surface area contributed by atoms with Gasteiger partial charge < -0.3 is 24.6 Å². The number of hydrogen-bond donors (Lipinski definition) is 1. The number of methoxy groups -OCH3 is 1. The number of benzene rings is 2. The summed E-state index contributed by atoms with van der Waals surface area (Å²) in [7, 11) is 5.69. The van der Waals surface area contributed by atoms with Crippen LogP contribution in [-0.4, -0.2) is 74.1 Å². The molecule has 0 radical (unpaired) electrons. The zero-order valence-electron chi connectivity index (χ0n) is 22.0. The molecule has 1 N–H and O–H groups in total. The number of nitrogens with one attached hydrogen (secondary N) is 1. The first-order valence-electron chi connectivity index (χ1n) is 12.5. The highest BCUT2D eigenvalue weighted by Crippen LogP contribution is 2.33. The van der Waals surface area contributed by atoms with E-state index in [4.69, 9.17) is 9.47 Å². The summed E-state index contributed by atoms with van der Waals surface area (Å²) in [6.07, 6.45) is 3.78. The van der Waals surface area contributed by atoms with Gasteiger partial charge in [0.2, 0.25) is 0 Å². The first-order valence-corrected chi connectivity index (χ1v) is 12.5. The van der Waals surface area contributed by atoms with E-state index >= 15 is 0 Å². The van der Waals surface area contributed by atoms with E-state index in [9.17, 15) is 4.79 Å². The molecule has 0 saturated carbocycles. The van der Waals surface area contributed by atoms with Gasteiger partial charge in [-0.05, 0) is 56.3 Å². The summed E-state index contributed by atoms with van der Waals surface area (Å²) in [6.45, 7) is 8.94. The van der Waals surface area contributed by atoms with Gasteiger partial charge in [-0.3, -0.25) is 9.48 Å². The summed E-state index contributed by atoms with van der Waals surface area (Å²) in [4.78, 5) is 18.0. The third kappa shape index (κ3) is 6.06. The van der Waals surface area contributed by atoms with Gasteiger partial charge in [-0.15, -0.1) is 0 Å². The SMILES string of the molecule is COCCOc1ccc([C@@H](C)NC(=O)c2cc(N3CCN(C)CC3)ccc2C)cc1-c1cnn(C)c1. The number of hydrogen-bond acceptors (Lipinski definition) is 6. The average Bonchev–Trinajstić information content (AvgIpc) is 3.31. The number of nitrogens with zero attached hydrogens (tertiary/aromatic N) is 4. The number of carbonyl (C=O) groups excluding carboxylic acids is 1. The summed E-state index contributed by atoms with van der Waals surface area (Å²) in [5.41, 5.74) is 5.67. The molecule has 4 rings (SSSR count). The lowest BCUT2D eigenvalue weighted by atomic mass is 10.00. The van der Waals surface area contributed by atoms with Crippen LogP contribution in [0.1, 0.15) is 34.5 Å². The van der Waals surface area contributed by atoms with E-state index in [0.717, 1.165) is 59.9 Å². The molecular formula is C28H37N5O3. The number of likely N-dealkylation sites (N-methyl/N-ethyl adjacent to an activating group) is 1. The van der Waals surface area contributed by atoms with Crippen LogP contribution in [0.25, 0.3) is 11.1 Å². The molecule has 1 atom stereocenters. The van der Waals surface area contributed by atoms with E-state index in [1.807, 2.05) is 57.6 Å². The maximum atomic E-state index is 13.3. The second kappa shape index (κ2) is 11.6. The van der Waals surface area contributed by atoms with Crippen LogP contribution >= 0.6 is 0 Å². The summed E-state index contributed by atoms with van der Waals surface area (Å²) in [5, 5.41) is 7.51. The second-order valence-corrected chi connectivity index (χ2v) is 9.48. The van der Waals surface area contributed by atoms with Gasteiger partial charge in [-0.2, -0.15) is 5.10 Å². The largest absolute Gasteiger partial charge is 0.491 e. The van der Waals surface area contributed by atoms with Crippen molar-refractivity contribution in [3.8, 4) is 16.9 Å². The maximum Gasteiger partial charge on any atom is 0.252 e. The minimum Gasteiger partial charge on any atom is -0.491 e. The van der Waals surface area contributed by atoms with Crippen molar-refractivity contribution in [3.05, 3.63) is 65.5 Å². The van der Waals surface area contributed by atoms with Crippen molar-refractivity contribution in [1.82, 2.24) is 20.0 Å². The Balaban J connectivity index is 1.53. The minimum absolute atomic E-state index is 0.0701. The number of amides is 1. The standard InChI is InChI=1S/C28H37N5O3/c1-20-6-8-24(33-12-10-31(3)11-13-33)17-25(20)28(34)30-21(2)22-7-9-27(36-15-14-35-5)26(16-22)23-18-29-32(4)19-23/h6-9,16-19,21H,10-15H2,1-5H3,(H,30,34)/t21-/m1/s1. The van der Waals surface area contributed by atoms with Crippen molar-refractivity contribution in [3.63, 3.8) is 0 Å². The fourth-order valence-electron chi connectivity index (χ4n) is 4.44. The van der Waals surface area contributed by atoms with Crippen LogP contribution in [0.3, 0.4) is 0 Å². The molecule has 2 aromatic carbocycles. The van der Waals surface area contributed by atoms with E-state index in [-0.39, 0.29) is 11.9 Å². The fourth-order valence-corrected chi connectivity index (χ4v) is 4.44. The van der Waals surface area contributed by atoms with Crippen LogP contribution in [0.5, 0.6) is 5.75 Å². The Hall–Kier alpha value is -3.36. The topological polar surface area (TPSA) is 71.9 Å². The highest BCUT2D eigenvalue weighted by atomic mass is 16.5. The number of carbonyl (C=O) groups is 1. The Morgan fingerprint density at radius 3 is 2.56 bits per heavy atom. The van der Waals surface area contributed by atoms with Crippen molar-refractivity contribution < 1.29 is 14.3 Å². The molecule has 0 unspecified atom stereocenters. The Bertz CT molecular complexity index is 1180. The third-order valence-electron chi connectivity index (χ3n) is 6.75. The molecule has 1 fully saturated rings. The zero-order chi connectivity index (χ0) is 25.7. The molecule has 1 amide bonds. The lowest BCUT2D eigenvalue weighted by Crippen LogP contribution is -2.44. The monoisotopic (exact) mass is 491 g/mol. The number of piperazine rings is 1. The number of aromatic nitrogens is 2. The van der Waals surface area contributed by atoms with Gasteiger partial charge in [-0.1, -0.05) is 12.1 Å². The molecule has 1 aromatic heterocycles. The van der Waals surface area contributed by atoms with Gasteiger partial charge in [0.25, 0.3) is 5.91 Å². The molecule has 192 valence electrons. The molecule has 1 aliphatic rings. The third-order valence-corrected chi connectivity index (χ3v) is 6.75. The van der Waals surface area contributed by atoms with E-state index in [1.165, 1.54) is 0 Å². The van der Waals surface area contributed by atoms with Gasteiger partial charge >= 0.3 is 0 Å². The summed E-state index contributed by atoms with van der Waals surface area (Å²) in [6, 6.07) is 12.0. The van der Waals surface area contributed by atoms with Crippen LogP contribution in [0.2, 0.25) is 0 Å². The molecule has 0 bridgehead atoms. The lowest BCUT2D eigenvalue weighted by Gasteiger charge is -2.34.